The van der Waals surface area contributed by atoms with Gasteiger partial charge in [-0.25, -0.2) is 0 Å². The van der Waals surface area contributed by atoms with Crippen molar-refractivity contribution in [1.82, 2.24) is 0 Å². The Kier molecular flexibility index (Phi) is 8.09. The third-order valence-corrected chi connectivity index (χ3v) is 16.5. The molecule has 10 nitrogen and oxygen atoms in total. The average molecular weight is 711 g/mol. The summed E-state index contributed by atoms with van der Waals surface area (Å²) in [7, 11) is 0. The van der Waals surface area contributed by atoms with Crippen LogP contribution in [0.25, 0.3) is 0 Å². The highest BCUT2D eigenvalue weighted by atomic mass is 16.6. The number of benzene rings is 1. The van der Waals surface area contributed by atoms with E-state index in [0.717, 1.165) is 38.5 Å². The van der Waals surface area contributed by atoms with Crippen LogP contribution in [0.4, 0.5) is 0 Å². The second kappa shape index (κ2) is 11.5. The summed E-state index contributed by atoms with van der Waals surface area (Å²) in [6.45, 7) is 7.86. The fourth-order valence-electron chi connectivity index (χ4n) is 14.6. The van der Waals surface area contributed by atoms with E-state index in [1.54, 1.807) is 6.08 Å². The van der Waals surface area contributed by atoms with Crippen LogP contribution in [0.1, 0.15) is 110 Å². The Balaban J connectivity index is 1.30. The first-order valence-corrected chi connectivity index (χ1v) is 19.5. The average Bonchev–Trinajstić information content (AvgIpc) is 3.64. The van der Waals surface area contributed by atoms with Crippen molar-refractivity contribution in [2.45, 2.75) is 145 Å². The molecule has 0 unspecified atom stereocenters. The molecule has 1 aromatic rings. The summed E-state index contributed by atoms with van der Waals surface area (Å²) in [5.74, 6) is -3.30. The number of carbonyl (C=O) groups is 1. The van der Waals surface area contributed by atoms with E-state index in [2.05, 4.69) is 6.92 Å². The third kappa shape index (κ3) is 4.44. The highest BCUT2D eigenvalue weighted by Crippen LogP contribution is 2.78. The lowest BCUT2D eigenvalue weighted by molar-refractivity contribution is -0.241. The van der Waals surface area contributed by atoms with E-state index in [0.29, 0.717) is 24.0 Å². The normalized spacial score (nSPS) is 51.5. The summed E-state index contributed by atoms with van der Waals surface area (Å²) in [5.41, 5.74) is -5.83. The number of ketones is 1. The van der Waals surface area contributed by atoms with Gasteiger partial charge in [0.1, 0.15) is 22.7 Å². The zero-order valence-electron chi connectivity index (χ0n) is 30.5. The minimum Gasteiger partial charge on any atom is -0.508 e. The van der Waals surface area contributed by atoms with Gasteiger partial charge in [-0.3, -0.25) is 4.79 Å². The summed E-state index contributed by atoms with van der Waals surface area (Å²) in [6.07, 6.45) is 3.91. The standard InChI is InChI=1S/C41H58O10/c1-21-8-7-11-41(35(48)22(21)2)39(49,12-13-42)34-29(51-41)19-40(50)26-17-27(45)31-30(23-14-24(43)16-25(44)15-23)32(47)28(46)18-36(31,3)33(26)38(9-5-6-10-38)20-37(34,40)4/h14-17,21-22,28-35,42-44,46-50H,5-13,18-20H2,1-4H3/t21-,22-,28-,29-,30+,31-,32-,33+,34+,35-,36-,37+,39+,40-,41-/m0/s1. The number of hydrogen-bond donors (Lipinski definition) is 8. The maximum absolute atomic E-state index is 14.7. The molecule has 1 saturated heterocycles. The predicted octanol–water partition coefficient (Wildman–Crippen LogP) is 3.84. The van der Waals surface area contributed by atoms with Gasteiger partial charge in [0.25, 0.3) is 0 Å². The first-order valence-electron chi connectivity index (χ1n) is 19.5. The molecule has 0 radical (unpaired) electrons. The largest absolute Gasteiger partial charge is 0.508 e. The van der Waals surface area contributed by atoms with Crippen LogP contribution in [0.3, 0.4) is 0 Å². The Morgan fingerprint density at radius 1 is 0.922 bits per heavy atom. The Morgan fingerprint density at radius 3 is 2.24 bits per heavy atom. The summed E-state index contributed by atoms with van der Waals surface area (Å²) < 4.78 is 7.03. The van der Waals surface area contributed by atoms with Gasteiger partial charge in [-0.15, -0.1) is 0 Å². The first-order chi connectivity index (χ1) is 23.9. The van der Waals surface area contributed by atoms with Crippen LogP contribution in [0, 0.1) is 45.8 Å². The van der Waals surface area contributed by atoms with Crippen molar-refractivity contribution in [2.24, 2.45) is 45.8 Å². The Labute approximate surface area is 300 Å². The lowest BCUT2D eigenvalue weighted by atomic mass is 9.37. The topological polar surface area (TPSA) is 188 Å². The Bertz CT molecular complexity index is 1600. The maximum atomic E-state index is 14.7. The predicted molar refractivity (Wildman–Crippen MR) is 186 cm³/mol. The van der Waals surface area contributed by atoms with Crippen LogP contribution in [0.2, 0.25) is 0 Å². The van der Waals surface area contributed by atoms with Gasteiger partial charge in [-0.05, 0) is 90.0 Å². The van der Waals surface area contributed by atoms with Gasteiger partial charge in [-0.2, -0.15) is 0 Å². The van der Waals surface area contributed by atoms with Gasteiger partial charge in [0.2, 0.25) is 0 Å². The highest BCUT2D eigenvalue weighted by molar-refractivity contribution is 5.96. The molecule has 5 saturated carbocycles. The number of aliphatic hydroxyl groups excluding tert-OH is 4. The van der Waals surface area contributed by atoms with E-state index in [-0.39, 0.29) is 60.9 Å². The lowest BCUT2D eigenvalue weighted by Gasteiger charge is -2.67. The highest BCUT2D eigenvalue weighted by Gasteiger charge is 2.82. The van der Waals surface area contributed by atoms with Crippen molar-refractivity contribution in [2.75, 3.05) is 6.61 Å². The van der Waals surface area contributed by atoms with E-state index >= 15 is 0 Å². The quantitative estimate of drug-likeness (QED) is 0.229. The molecule has 8 rings (SSSR count). The summed E-state index contributed by atoms with van der Waals surface area (Å²) in [5, 5.41) is 93.2. The molecular weight excluding hydrogens is 652 g/mol. The van der Waals surface area contributed by atoms with Crippen LogP contribution in [-0.4, -0.2) is 94.5 Å². The second-order valence-electron chi connectivity index (χ2n) is 18.8. The lowest BCUT2D eigenvalue weighted by Crippen LogP contribution is -2.70. The molecule has 15 atom stereocenters. The molecule has 282 valence electrons. The Hall–Kier alpha value is -2.05. The maximum Gasteiger partial charge on any atom is 0.160 e. The van der Waals surface area contributed by atoms with E-state index in [4.69, 9.17) is 4.74 Å². The molecule has 0 bridgehead atoms. The number of phenolic OH excluding ortho intramolecular Hbond substituents is 2. The van der Waals surface area contributed by atoms with Gasteiger partial charge in [0.15, 0.2) is 5.78 Å². The number of carbonyl (C=O) groups excluding carboxylic acids is 1. The first kappa shape index (κ1) is 36.0. The number of aliphatic hydroxyl groups is 6. The van der Waals surface area contributed by atoms with Crippen molar-refractivity contribution in [1.29, 1.82) is 0 Å². The van der Waals surface area contributed by atoms with Crippen molar-refractivity contribution in [3.8, 4) is 11.5 Å². The van der Waals surface area contributed by atoms with Crippen molar-refractivity contribution in [3.05, 3.63) is 35.4 Å². The third-order valence-electron chi connectivity index (χ3n) is 16.5. The summed E-state index contributed by atoms with van der Waals surface area (Å²) >= 11 is 0. The van der Waals surface area contributed by atoms with Crippen LogP contribution >= 0.6 is 0 Å². The van der Waals surface area contributed by atoms with E-state index in [9.17, 15) is 45.6 Å². The number of rotatable bonds is 3. The summed E-state index contributed by atoms with van der Waals surface area (Å²) in [4.78, 5) is 14.7. The zero-order chi connectivity index (χ0) is 36.7. The molecule has 0 amide bonds. The molecule has 6 aliphatic carbocycles. The molecule has 1 aliphatic heterocycles. The molecule has 51 heavy (non-hydrogen) atoms. The number of allylic oxidation sites excluding steroid dienone is 1. The van der Waals surface area contributed by atoms with Crippen molar-refractivity contribution < 1.29 is 50.4 Å². The molecule has 10 heteroatoms. The molecule has 2 spiro atoms. The molecule has 8 N–H and O–H groups in total. The van der Waals surface area contributed by atoms with Crippen LogP contribution in [-0.2, 0) is 9.53 Å². The van der Waals surface area contributed by atoms with Crippen LogP contribution in [0.15, 0.2) is 29.8 Å². The molecule has 7 aliphatic rings. The smallest absolute Gasteiger partial charge is 0.160 e. The fourth-order valence-corrected chi connectivity index (χ4v) is 14.6. The number of phenols is 2. The molecule has 1 aromatic carbocycles. The van der Waals surface area contributed by atoms with Gasteiger partial charge < -0.3 is 45.6 Å². The van der Waals surface area contributed by atoms with Gasteiger partial charge >= 0.3 is 0 Å². The number of ether oxygens (including phenoxy) is 1. The number of aromatic hydroxyl groups is 2. The zero-order valence-corrected chi connectivity index (χ0v) is 30.5. The monoisotopic (exact) mass is 710 g/mol. The summed E-state index contributed by atoms with van der Waals surface area (Å²) in [6, 6.07) is 4.06. The minimum atomic E-state index is -1.64. The SMILES string of the molecule is C[C@H]1[C@@H](C)CCC[C@]2(O[C@H]3C[C@]4(O)C5=CC(=O)[C@H]6[C@@H](c7cc(O)cc(O)c7)[C@@H](O)[C@@H](O)C[C@]6(C)[C@@H]5C5(CCCC5)C[C@]4(C)[C@@H]3[C@]2(O)CCO)[C@H]1O. The van der Waals surface area contributed by atoms with E-state index in [1.165, 1.54) is 18.2 Å². The second-order valence-corrected chi connectivity index (χ2v) is 18.8. The minimum absolute atomic E-state index is 0.00524. The van der Waals surface area contributed by atoms with Gasteiger partial charge in [0, 0.05) is 48.7 Å². The number of fused-ring (bicyclic) bond motifs is 8. The van der Waals surface area contributed by atoms with Gasteiger partial charge in [-0.1, -0.05) is 53.4 Å². The molecule has 6 fully saturated rings. The van der Waals surface area contributed by atoms with Gasteiger partial charge in [0.05, 0.1) is 30.0 Å². The van der Waals surface area contributed by atoms with Crippen molar-refractivity contribution >= 4 is 5.78 Å². The molecule has 0 aromatic heterocycles. The van der Waals surface area contributed by atoms with E-state index < -0.39 is 75.2 Å². The molecular formula is C41H58O10. The van der Waals surface area contributed by atoms with E-state index in [1.807, 2.05) is 20.8 Å². The number of hydrogen-bond acceptors (Lipinski definition) is 10. The Morgan fingerprint density at radius 2 is 1.59 bits per heavy atom. The fraction of sp³-hybridized carbons (Fsp3) is 0.780. The van der Waals surface area contributed by atoms with Crippen LogP contribution in [0.5, 0.6) is 11.5 Å². The van der Waals surface area contributed by atoms with Crippen LogP contribution < -0.4 is 0 Å². The van der Waals surface area contributed by atoms with Crippen molar-refractivity contribution in [3.63, 3.8) is 0 Å². The molecule has 1 heterocycles.